The monoisotopic (exact) mass is 897 g/mol. The van der Waals surface area contributed by atoms with Crippen LogP contribution in [0.25, 0.3) is 10.9 Å². The Hall–Kier alpha value is -5.98. The van der Waals surface area contributed by atoms with Crippen LogP contribution in [0.4, 0.5) is 21.8 Å². The van der Waals surface area contributed by atoms with E-state index in [2.05, 4.69) is 25.4 Å². The normalized spacial score (nSPS) is 22.7. The van der Waals surface area contributed by atoms with Gasteiger partial charge >= 0.3 is 0 Å². The van der Waals surface area contributed by atoms with Crippen molar-refractivity contribution in [2.24, 2.45) is 5.73 Å². The SMILES string of the molecule is CC(C)n1c(=O)c(OCC(N)=O)cc2cc(Nc3nc(N4CCC(OC5CC(N6CCC(F)(c7ccc8c(c7)C(=O)N(C7CCC(=O)NC7=O)C8=O)CC6)C5)CC4)ncc3Cl)ccc21. The summed E-state index contributed by atoms with van der Waals surface area (Å²) >= 11 is 6.56. The van der Waals surface area contributed by atoms with Crippen LogP contribution in [-0.2, 0) is 24.8 Å². The molecular weight excluding hydrogens is 849 g/mol. The van der Waals surface area contributed by atoms with Gasteiger partial charge in [-0.25, -0.2) is 9.37 Å². The van der Waals surface area contributed by atoms with Gasteiger partial charge in [-0.1, -0.05) is 17.7 Å². The molecule has 1 unspecified atom stereocenters. The molecule has 1 atom stereocenters. The van der Waals surface area contributed by atoms with Crippen LogP contribution in [-0.4, -0.2) is 111 Å². The number of halogens is 2. The van der Waals surface area contributed by atoms with Gasteiger partial charge in [0, 0.05) is 55.8 Å². The second kappa shape index (κ2) is 17.2. The third-order valence-corrected chi connectivity index (χ3v) is 13.4. The number of aromatic nitrogens is 3. The first kappa shape index (κ1) is 43.3. The average Bonchev–Trinajstić information content (AvgIpc) is 3.50. The number of piperidine rings is 3. The molecule has 19 heteroatoms. The molecule has 3 saturated heterocycles. The summed E-state index contributed by atoms with van der Waals surface area (Å²) in [5, 5.41) is 6.53. The van der Waals surface area contributed by atoms with Crippen molar-refractivity contribution in [1.82, 2.24) is 29.7 Å². The fraction of sp³-hybridized carbons (Fsp3) is 0.467. The van der Waals surface area contributed by atoms with Gasteiger partial charge < -0.3 is 30.0 Å². The molecule has 5 aliphatic rings. The standard InChI is InChI=1S/C45H49ClFN9O8/c1-24(2)55-34-6-4-27(17-25(34)18-36(43(55)62)63-23-37(48)57)50-39-33(46)22-49-44(52-39)54-13-9-29(10-14-54)64-30-20-28(21-30)53-15-11-45(47,12-16-53)26-3-5-31-32(19-26)42(61)56(41(31)60)35-7-8-38(58)51-40(35)59/h3-6,17-19,22,24,28-30,35H,7-16,20-21,23H2,1-2H3,(H2,48,57)(H,49,50,52)(H,51,58,59). The Morgan fingerprint density at radius 2 is 1.70 bits per heavy atom. The van der Waals surface area contributed by atoms with Crippen LogP contribution in [0.1, 0.15) is 97.5 Å². The quantitative estimate of drug-likeness (QED) is 0.167. The molecule has 17 nitrogen and oxygen atoms in total. The van der Waals surface area contributed by atoms with Gasteiger partial charge in [0.1, 0.15) is 16.7 Å². The predicted octanol–water partition coefficient (Wildman–Crippen LogP) is 4.51. The van der Waals surface area contributed by atoms with Crippen LogP contribution >= 0.6 is 11.6 Å². The molecule has 1 saturated carbocycles. The van der Waals surface area contributed by atoms with Crippen molar-refractivity contribution in [3.05, 3.63) is 80.7 Å². The summed E-state index contributed by atoms with van der Waals surface area (Å²) in [6.45, 7) is 5.85. The zero-order valence-corrected chi connectivity index (χ0v) is 36.2. The number of hydrogen-bond acceptors (Lipinski definition) is 13. The molecule has 1 aliphatic carbocycles. The number of fused-ring (bicyclic) bond motifs is 2. The molecule has 4 fully saturated rings. The first-order valence-corrected chi connectivity index (χ1v) is 22.1. The van der Waals surface area contributed by atoms with Gasteiger partial charge in [0.15, 0.2) is 18.2 Å². The zero-order valence-electron chi connectivity index (χ0n) is 35.5. The van der Waals surface area contributed by atoms with Gasteiger partial charge in [0.05, 0.1) is 35.0 Å². The molecule has 4 aromatic rings. The number of ether oxygens (including phenoxy) is 2. The summed E-state index contributed by atoms with van der Waals surface area (Å²) in [6.07, 6.45) is 5.68. The summed E-state index contributed by atoms with van der Waals surface area (Å²) in [6, 6.07) is 10.7. The van der Waals surface area contributed by atoms with Crippen molar-refractivity contribution in [3.8, 4) is 5.75 Å². The third kappa shape index (κ3) is 8.29. The van der Waals surface area contributed by atoms with Crippen LogP contribution < -0.4 is 31.6 Å². The molecular formula is C45H49ClFN9O8. The minimum atomic E-state index is -1.67. The Labute approximate surface area is 372 Å². The largest absolute Gasteiger partial charge is 0.478 e. The highest BCUT2D eigenvalue weighted by atomic mass is 35.5. The van der Waals surface area contributed by atoms with E-state index < -0.39 is 47.9 Å². The van der Waals surface area contributed by atoms with Gasteiger partial charge in [0.25, 0.3) is 23.3 Å². The number of alkyl halides is 1. The highest BCUT2D eigenvalue weighted by molar-refractivity contribution is 6.33. The van der Waals surface area contributed by atoms with Gasteiger partial charge in [-0.3, -0.25) is 43.9 Å². The van der Waals surface area contributed by atoms with E-state index in [0.29, 0.717) is 71.2 Å². The van der Waals surface area contributed by atoms with E-state index >= 15 is 4.39 Å². The smallest absolute Gasteiger partial charge is 0.293 e. The van der Waals surface area contributed by atoms with Crippen molar-refractivity contribution in [2.45, 2.75) is 101 Å². The van der Waals surface area contributed by atoms with E-state index in [1.165, 1.54) is 12.1 Å². The number of anilines is 3. The second-order valence-corrected chi connectivity index (χ2v) is 18.0. The van der Waals surface area contributed by atoms with E-state index in [-0.39, 0.29) is 66.4 Å². The maximum absolute atomic E-state index is 16.5. The highest BCUT2D eigenvalue weighted by Gasteiger charge is 2.47. The Morgan fingerprint density at radius 1 is 0.969 bits per heavy atom. The molecule has 6 heterocycles. The van der Waals surface area contributed by atoms with Crippen LogP contribution in [0.3, 0.4) is 0 Å². The van der Waals surface area contributed by atoms with E-state index in [1.54, 1.807) is 22.9 Å². The van der Waals surface area contributed by atoms with Crippen LogP contribution in [0.15, 0.2) is 53.5 Å². The Morgan fingerprint density at radius 3 is 2.41 bits per heavy atom. The number of pyridine rings is 1. The maximum Gasteiger partial charge on any atom is 0.293 e. The number of amides is 5. The lowest BCUT2D eigenvalue weighted by molar-refractivity contribution is -0.136. The number of primary amides is 1. The summed E-state index contributed by atoms with van der Waals surface area (Å²) in [5.41, 5.74) is 5.18. The fourth-order valence-electron chi connectivity index (χ4n) is 9.59. The lowest BCUT2D eigenvalue weighted by atomic mass is 9.81. The third-order valence-electron chi connectivity index (χ3n) is 13.1. The summed E-state index contributed by atoms with van der Waals surface area (Å²) in [5.74, 6) is -2.08. The zero-order chi connectivity index (χ0) is 45.0. The number of benzene rings is 2. The van der Waals surface area contributed by atoms with Gasteiger partial charge in [-0.15, -0.1) is 0 Å². The fourth-order valence-corrected chi connectivity index (χ4v) is 9.73. The van der Waals surface area contributed by atoms with E-state index in [9.17, 15) is 28.8 Å². The maximum atomic E-state index is 16.5. The van der Waals surface area contributed by atoms with E-state index in [0.717, 1.165) is 30.6 Å². The van der Waals surface area contributed by atoms with Gasteiger partial charge in [-0.05, 0) is 101 Å². The van der Waals surface area contributed by atoms with Crippen molar-refractivity contribution in [2.75, 3.05) is 43.0 Å². The molecule has 336 valence electrons. The number of likely N-dealkylation sites (tertiary alicyclic amines) is 1. The van der Waals surface area contributed by atoms with E-state index in [4.69, 9.17) is 31.8 Å². The number of nitrogens with one attached hydrogen (secondary N) is 2. The molecule has 0 spiro atoms. The molecule has 64 heavy (non-hydrogen) atoms. The molecule has 0 radical (unpaired) electrons. The lowest BCUT2D eigenvalue weighted by Crippen LogP contribution is -2.54. The molecule has 4 N–H and O–H groups in total. The second-order valence-electron chi connectivity index (χ2n) is 17.6. The van der Waals surface area contributed by atoms with E-state index in [1.807, 2.05) is 32.0 Å². The Kier molecular flexibility index (Phi) is 11.6. The minimum Gasteiger partial charge on any atom is -0.478 e. The topological polar surface area (TPSA) is 211 Å². The number of rotatable bonds is 12. The Bertz CT molecular complexity index is 2620. The highest BCUT2D eigenvalue weighted by Crippen LogP contribution is 2.42. The van der Waals surface area contributed by atoms with Gasteiger partial charge in [-0.2, -0.15) is 4.98 Å². The molecule has 5 amide bonds. The number of nitrogens with two attached hydrogens (primary N) is 1. The van der Waals surface area contributed by atoms with Crippen molar-refractivity contribution in [3.63, 3.8) is 0 Å². The lowest BCUT2D eigenvalue weighted by Gasteiger charge is -2.48. The first-order chi connectivity index (χ1) is 30.6. The number of carbonyl (C=O) groups excluding carboxylic acids is 5. The van der Waals surface area contributed by atoms with Crippen molar-refractivity contribution < 1.29 is 37.8 Å². The summed E-state index contributed by atoms with van der Waals surface area (Å²) < 4.78 is 30.1. The first-order valence-electron chi connectivity index (χ1n) is 21.7. The molecule has 2 aromatic carbocycles. The van der Waals surface area contributed by atoms with Crippen molar-refractivity contribution in [1.29, 1.82) is 0 Å². The number of hydrogen-bond donors (Lipinski definition) is 3. The predicted molar refractivity (Wildman–Crippen MR) is 233 cm³/mol. The minimum absolute atomic E-state index is 0.0237. The van der Waals surface area contributed by atoms with Crippen molar-refractivity contribution >= 4 is 69.5 Å². The molecule has 4 aliphatic heterocycles. The van der Waals surface area contributed by atoms with Crippen LogP contribution in [0, 0.1) is 0 Å². The summed E-state index contributed by atoms with van der Waals surface area (Å²) in [7, 11) is 0. The van der Waals surface area contributed by atoms with Crippen LogP contribution in [0.2, 0.25) is 5.02 Å². The number of carbonyl (C=O) groups is 5. The van der Waals surface area contributed by atoms with Crippen LogP contribution in [0.5, 0.6) is 5.75 Å². The summed E-state index contributed by atoms with van der Waals surface area (Å²) in [4.78, 5) is 89.7. The molecule has 2 aromatic heterocycles. The molecule has 9 rings (SSSR count). The van der Waals surface area contributed by atoms with Gasteiger partial charge in [0.2, 0.25) is 17.8 Å². The molecule has 0 bridgehead atoms. The Balaban J connectivity index is 0.754. The average molecular weight is 898 g/mol. The number of nitrogens with zero attached hydrogens (tertiary/aromatic N) is 6. The number of imide groups is 2.